The molecule has 0 amide bonds. The third kappa shape index (κ3) is 3.27. The minimum Gasteiger partial charge on any atom is -0.341 e. The SMILES string of the molecule is O=S(=O)(c1ccc(Cl)cc1C(F)(F)F)N1CCC[C@H]1c1nc2ccccc2[nH]1. The molecule has 5 nitrogen and oxygen atoms in total. The smallest absolute Gasteiger partial charge is 0.341 e. The lowest BCUT2D eigenvalue weighted by atomic mass is 10.2. The van der Waals surface area contributed by atoms with Crippen molar-refractivity contribution in [2.45, 2.75) is 30.0 Å². The average Bonchev–Trinajstić information content (AvgIpc) is 3.27. The van der Waals surface area contributed by atoms with Crippen LogP contribution in [0.3, 0.4) is 0 Å². The summed E-state index contributed by atoms with van der Waals surface area (Å²) in [5.41, 5.74) is 0.142. The van der Waals surface area contributed by atoms with Gasteiger partial charge < -0.3 is 4.98 Å². The van der Waals surface area contributed by atoms with Gasteiger partial charge in [-0.05, 0) is 43.2 Å². The lowest BCUT2D eigenvalue weighted by molar-refractivity contribution is -0.139. The number of benzene rings is 2. The summed E-state index contributed by atoms with van der Waals surface area (Å²) < 4.78 is 67.7. The van der Waals surface area contributed by atoms with Gasteiger partial charge in [0.1, 0.15) is 5.82 Å². The zero-order valence-electron chi connectivity index (χ0n) is 14.4. The lowest BCUT2D eigenvalue weighted by Crippen LogP contribution is -2.32. The zero-order valence-corrected chi connectivity index (χ0v) is 15.9. The van der Waals surface area contributed by atoms with Gasteiger partial charge in [0.2, 0.25) is 10.0 Å². The number of hydrogen-bond donors (Lipinski definition) is 1. The van der Waals surface area contributed by atoms with E-state index in [1.807, 2.05) is 6.07 Å². The Morgan fingerprint density at radius 2 is 1.93 bits per heavy atom. The van der Waals surface area contributed by atoms with Crippen LogP contribution in [-0.2, 0) is 16.2 Å². The molecule has 0 spiro atoms. The molecule has 0 bridgehead atoms. The van der Waals surface area contributed by atoms with Crippen molar-refractivity contribution in [2.24, 2.45) is 0 Å². The molecule has 1 aliphatic rings. The first-order valence-electron chi connectivity index (χ1n) is 8.51. The maximum atomic E-state index is 13.4. The van der Waals surface area contributed by atoms with Crippen LogP contribution in [0.2, 0.25) is 5.02 Å². The molecule has 148 valence electrons. The molecule has 28 heavy (non-hydrogen) atoms. The van der Waals surface area contributed by atoms with Gasteiger partial charge in [0, 0.05) is 11.6 Å². The summed E-state index contributed by atoms with van der Waals surface area (Å²) in [6.45, 7) is 0.115. The lowest BCUT2D eigenvalue weighted by Gasteiger charge is -2.24. The molecule has 10 heteroatoms. The van der Waals surface area contributed by atoms with Crippen molar-refractivity contribution in [3.63, 3.8) is 0 Å². The molecule has 1 aliphatic heterocycles. The third-order valence-corrected chi connectivity index (χ3v) is 6.96. The second-order valence-electron chi connectivity index (χ2n) is 6.55. The molecule has 1 saturated heterocycles. The fourth-order valence-electron chi connectivity index (χ4n) is 3.51. The van der Waals surface area contributed by atoms with Crippen LogP contribution >= 0.6 is 11.6 Å². The Kier molecular flexibility index (Phi) is 4.64. The molecule has 4 rings (SSSR count). The van der Waals surface area contributed by atoms with E-state index in [1.54, 1.807) is 18.2 Å². The number of fused-ring (bicyclic) bond motifs is 1. The number of para-hydroxylation sites is 2. The first-order valence-corrected chi connectivity index (χ1v) is 10.3. The van der Waals surface area contributed by atoms with Crippen molar-refractivity contribution in [1.82, 2.24) is 14.3 Å². The Bertz CT molecular complexity index is 1110. The van der Waals surface area contributed by atoms with Gasteiger partial charge in [0.25, 0.3) is 0 Å². The average molecular weight is 430 g/mol. The zero-order chi connectivity index (χ0) is 20.1. The van der Waals surface area contributed by atoms with E-state index in [-0.39, 0.29) is 11.6 Å². The predicted octanol–water partition coefficient (Wildman–Crippen LogP) is 4.76. The van der Waals surface area contributed by atoms with E-state index in [2.05, 4.69) is 9.97 Å². The Hall–Kier alpha value is -2.10. The van der Waals surface area contributed by atoms with Crippen LogP contribution < -0.4 is 0 Å². The number of sulfonamides is 1. The highest BCUT2D eigenvalue weighted by molar-refractivity contribution is 7.89. The Balaban J connectivity index is 1.79. The molecule has 1 atom stereocenters. The van der Waals surface area contributed by atoms with E-state index in [0.29, 0.717) is 30.2 Å². The van der Waals surface area contributed by atoms with Crippen molar-refractivity contribution in [3.05, 3.63) is 58.9 Å². The second kappa shape index (κ2) is 6.75. The highest BCUT2D eigenvalue weighted by Gasteiger charge is 2.43. The molecular weight excluding hydrogens is 415 g/mol. The van der Waals surface area contributed by atoms with Crippen molar-refractivity contribution < 1.29 is 21.6 Å². The topological polar surface area (TPSA) is 66.1 Å². The van der Waals surface area contributed by atoms with E-state index < -0.39 is 32.7 Å². The van der Waals surface area contributed by atoms with Crippen LogP contribution in [0.4, 0.5) is 13.2 Å². The number of rotatable bonds is 3. The molecule has 0 saturated carbocycles. The van der Waals surface area contributed by atoms with Gasteiger partial charge in [-0.3, -0.25) is 0 Å². The van der Waals surface area contributed by atoms with E-state index in [9.17, 15) is 21.6 Å². The van der Waals surface area contributed by atoms with Crippen LogP contribution in [-0.4, -0.2) is 29.2 Å². The number of imidazole rings is 1. The number of alkyl halides is 3. The predicted molar refractivity (Wildman–Crippen MR) is 98.4 cm³/mol. The fraction of sp³-hybridized carbons (Fsp3) is 0.278. The number of H-pyrrole nitrogens is 1. The first kappa shape index (κ1) is 19.2. The highest BCUT2D eigenvalue weighted by Crippen LogP contribution is 2.41. The second-order valence-corrected chi connectivity index (χ2v) is 8.85. The summed E-state index contributed by atoms with van der Waals surface area (Å²) in [4.78, 5) is 6.72. The van der Waals surface area contributed by atoms with Crippen molar-refractivity contribution in [3.8, 4) is 0 Å². The summed E-state index contributed by atoms with van der Waals surface area (Å²) in [6.07, 6.45) is -3.86. The number of nitrogens with one attached hydrogen (secondary N) is 1. The maximum Gasteiger partial charge on any atom is 0.417 e. The highest BCUT2D eigenvalue weighted by atomic mass is 35.5. The van der Waals surface area contributed by atoms with Gasteiger partial charge in [-0.2, -0.15) is 17.5 Å². The van der Waals surface area contributed by atoms with Crippen LogP contribution in [0.15, 0.2) is 47.4 Å². The van der Waals surface area contributed by atoms with Crippen molar-refractivity contribution >= 4 is 32.7 Å². The van der Waals surface area contributed by atoms with Gasteiger partial charge in [0.15, 0.2) is 0 Å². The first-order chi connectivity index (χ1) is 13.2. The van der Waals surface area contributed by atoms with Gasteiger partial charge in [-0.25, -0.2) is 13.4 Å². The minimum absolute atomic E-state index is 0.115. The molecule has 2 aromatic carbocycles. The fourth-order valence-corrected chi connectivity index (χ4v) is 5.53. The van der Waals surface area contributed by atoms with E-state index in [1.165, 1.54) is 0 Å². The molecule has 1 fully saturated rings. The van der Waals surface area contributed by atoms with Crippen molar-refractivity contribution in [2.75, 3.05) is 6.54 Å². The number of halogens is 4. The number of nitrogens with zero attached hydrogens (tertiary/aromatic N) is 2. The molecule has 0 unspecified atom stereocenters. The number of aromatic nitrogens is 2. The van der Waals surface area contributed by atoms with Gasteiger partial charge >= 0.3 is 6.18 Å². The van der Waals surface area contributed by atoms with E-state index in [0.717, 1.165) is 22.0 Å². The largest absolute Gasteiger partial charge is 0.417 e. The molecule has 3 aromatic rings. The van der Waals surface area contributed by atoms with E-state index in [4.69, 9.17) is 11.6 Å². The van der Waals surface area contributed by atoms with Crippen molar-refractivity contribution in [1.29, 1.82) is 0 Å². The molecule has 2 heterocycles. The summed E-state index contributed by atoms with van der Waals surface area (Å²) in [5.74, 6) is 0.421. The van der Waals surface area contributed by atoms with Gasteiger partial charge in [-0.1, -0.05) is 23.7 Å². The van der Waals surface area contributed by atoms with Gasteiger partial charge in [0.05, 0.1) is 27.5 Å². The standard InChI is InChI=1S/C18H15ClF3N3O2S/c19-11-7-8-16(12(10-11)18(20,21)22)28(26,27)25-9-3-6-15(25)17-23-13-4-1-2-5-14(13)24-17/h1-2,4-5,7-8,10,15H,3,6,9H2,(H,23,24)/t15-/m0/s1. The number of aromatic amines is 1. The van der Waals surface area contributed by atoms with Crippen LogP contribution in [0.25, 0.3) is 11.0 Å². The summed E-state index contributed by atoms with van der Waals surface area (Å²) in [6, 6.07) is 9.25. The van der Waals surface area contributed by atoms with E-state index >= 15 is 0 Å². The number of hydrogen-bond acceptors (Lipinski definition) is 3. The molecule has 0 aliphatic carbocycles. The van der Waals surface area contributed by atoms with Crippen LogP contribution in [0.5, 0.6) is 0 Å². The van der Waals surface area contributed by atoms with Crippen LogP contribution in [0.1, 0.15) is 30.3 Å². The monoisotopic (exact) mass is 429 g/mol. The normalized spacial score (nSPS) is 18.8. The summed E-state index contributed by atoms with van der Waals surface area (Å²) in [7, 11) is -4.41. The molecule has 1 aromatic heterocycles. The van der Waals surface area contributed by atoms with Gasteiger partial charge in [-0.15, -0.1) is 0 Å². The Morgan fingerprint density at radius 1 is 1.18 bits per heavy atom. The molecule has 1 N–H and O–H groups in total. The summed E-state index contributed by atoms with van der Waals surface area (Å²) in [5, 5.41) is -0.179. The minimum atomic E-state index is -4.85. The quantitative estimate of drug-likeness (QED) is 0.652. The third-order valence-electron chi connectivity index (χ3n) is 4.76. The molecule has 0 radical (unpaired) electrons. The van der Waals surface area contributed by atoms with Crippen LogP contribution in [0, 0.1) is 0 Å². The summed E-state index contributed by atoms with van der Waals surface area (Å²) >= 11 is 5.68. The Morgan fingerprint density at radius 3 is 2.64 bits per heavy atom. The maximum absolute atomic E-state index is 13.4. The Labute approximate surface area is 164 Å². The molecular formula is C18H15ClF3N3O2S.